The lowest BCUT2D eigenvalue weighted by atomic mass is 9.99. The molecule has 0 radical (unpaired) electrons. The van der Waals surface area contributed by atoms with Gasteiger partial charge in [0.15, 0.2) is 6.10 Å². The Morgan fingerprint density at radius 2 is 1.97 bits per heavy atom. The predicted molar refractivity (Wildman–Crippen MR) is 120 cm³/mol. The van der Waals surface area contributed by atoms with Crippen molar-refractivity contribution in [2.45, 2.75) is 55.9 Å². The maximum absolute atomic E-state index is 13.3. The second kappa shape index (κ2) is 11.8. The number of unbranched alkanes of at least 4 members (excludes halogenated alkanes) is 1. The minimum absolute atomic E-state index is 0.0407. The summed E-state index contributed by atoms with van der Waals surface area (Å²) in [6, 6.07) is 7.14. The molecule has 2 heterocycles. The van der Waals surface area contributed by atoms with E-state index in [1.807, 2.05) is 12.1 Å². The van der Waals surface area contributed by atoms with Gasteiger partial charge in [0.25, 0.3) is 5.09 Å². The van der Waals surface area contributed by atoms with Gasteiger partial charge < -0.3 is 19.0 Å². The van der Waals surface area contributed by atoms with E-state index < -0.39 is 29.5 Å². The van der Waals surface area contributed by atoms with Crippen molar-refractivity contribution in [2.24, 2.45) is 0 Å². The molecule has 0 saturated carbocycles. The number of thioether (sulfide) groups is 1. The Balaban J connectivity index is 1.72. The van der Waals surface area contributed by atoms with Crippen molar-refractivity contribution in [1.82, 2.24) is 4.90 Å². The maximum atomic E-state index is 13.3. The fraction of sp³-hybridized carbons (Fsp3) is 0.636. The lowest BCUT2D eigenvalue weighted by Gasteiger charge is -2.22. The maximum Gasteiger partial charge on any atom is 0.320 e. The second-order valence-electron chi connectivity index (χ2n) is 8.35. The van der Waals surface area contributed by atoms with Gasteiger partial charge >= 0.3 is 5.97 Å². The highest BCUT2D eigenvalue weighted by molar-refractivity contribution is 8.14. The molecule has 33 heavy (non-hydrogen) atoms. The summed E-state index contributed by atoms with van der Waals surface area (Å²) in [7, 11) is 3.58. The summed E-state index contributed by atoms with van der Waals surface area (Å²) in [5, 5.41) is 9.32. The van der Waals surface area contributed by atoms with Crippen LogP contribution in [0.4, 0.5) is 0 Å². The number of hydrogen-bond acceptors (Lipinski definition) is 10. The van der Waals surface area contributed by atoms with Gasteiger partial charge in [-0.2, -0.15) is 0 Å². The highest BCUT2D eigenvalue weighted by atomic mass is 32.2. The number of benzene rings is 1. The number of rotatable bonds is 11. The van der Waals surface area contributed by atoms with Crippen LogP contribution in [0, 0.1) is 10.1 Å². The monoisotopic (exact) mass is 482 g/mol. The quantitative estimate of drug-likeness (QED) is 0.265. The van der Waals surface area contributed by atoms with Crippen LogP contribution in [0.25, 0.3) is 0 Å². The molecule has 2 saturated heterocycles. The number of esters is 1. The van der Waals surface area contributed by atoms with E-state index in [0.717, 1.165) is 24.6 Å². The summed E-state index contributed by atoms with van der Waals surface area (Å²) in [5.41, 5.74) is 1.15. The van der Waals surface area contributed by atoms with Crippen LogP contribution in [0.3, 0.4) is 0 Å². The highest BCUT2D eigenvalue weighted by Crippen LogP contribution is 2.38. The van der Waals surface area contributed by atoms with Crippen LogP contribution in [-0.2, 0) is 23.8 Å². The summed E-state index contributed by atoms with van der Waals surface area (Å²) in [6.45, 7) is 2.47. The van der Waals surface area contributed by atoms with Crippen LogP contribution in [0.5, 0.6) is 0 Å². The van der Waals surface area contributed by atoms with Gasteiger partial charge in [-0.15, -0.1) is 10.1 Å². The summed E-state index contributed by atoms with van der Waals surface area (Å²) >= 11 is 1.08. The molecule has 2 unspecified atom stereocenters. The lowest BCUT2D eigenvalue weighted by Crippen LogP contribution is -2.33. The van der Waals surface area contributed by atoms with Crippen molar-refractivity contribution in [2.75, 3.05) is 33.9 Å². The van der Waals surface area contributed by atoms with E-state index in [2.05, 4.69) is 11.8 Å². The number of ether oxygens (including phenoxy) is 3. The molecule has 2 fully saturated rings. The van der Waals surface area contributed by atoms with Gasteiger partial charge in [-0.1, -0.05) is 49.4 Å². The summed E-state index contributed by atoms with van der Waals surface area (Å²) in [6.07, 6.45) is 0.0237. The van der Waals surface area contributed by atoms with Gasteiger partial charge in [-0.25, -0.2) is 0 Å². The lowest BCUT2D eigenvalue weighted by molar-refractivity contribution is -0.769. The van der Waals surface area contributed by atoms with E-state index >= 15 is 0 Å². The van der Waals surface area contributed by atoms with Crippen molar-refractivity contribution < 1.29 is 33.7 Å². The molecular formula is C22H30N2O8S. The third kappa shape index (κ3) is 6.66. The third-order valence-corrected chi connectivity index (χ3v) is 6.65. The summed E-state index contributed by atoms with van der Waals surface area (Å²) < 4.78 is 17.1. The van der Waals surface area contributed by atoms with Crippen molar-refractivity contribution >= 4 is 22.8 Å². The molecule has 11 heteroatoms. The molecule has 182 valence electrons. The highest BCUT2D eigenvalue weighted by Gasteiger charge is 2.50. The first-order valence-corrected chi connectivity index (χ1v) is 11.9. The smallest absolute Gasteiger partial charge is 0.320 e. The minimum Gasteiger partial charge on any atom is -0.457 e. The Hall–Kier alpha value is -2.21. The molecular weight excluding hydrogens is 452 g/mol. The molecule has 0 aliphatic carbocycles. The molecule has 0 spiro atoms. The summed E-state index contributed by atoms with van der Waals surface area (Å²) in [5.74, 6) is -0.348. The molecule has 10 nitrogen and oxygen atoms in total. The van der Waals surface area contributed by atoms with Crippen molar-refractivity contribution in [3.8, 4) is 0 Å². The summed E-state index contributed by atoms with van der Waals surface area (Å²) in [4.78, 5) is 42.7. The van der Waals surface area contributed by atoms with Gasteiger partial charge in [0.05, 0.1) is 25.0 Å². The van der Waals surface area contributed by atoms with E-state index in [1.54, 1.807) is 31.1 Å². The first-order chi connectivity index (χ1) is 15.8. The minimum atomic E-state index is -0.852. The van der Waals surface area contributed by atoms with Gasteiger partial charge in [-0.3, -0.25) is 14.5 Å². The normalized spacial score (nSPS) is 25.0. The number of fused-ring (bicyclic) bond motifs is 1. The topological polar surface area (TPSA) is 117 Å². The zero-order valence-corrected chi connectivity index (χ0v) is 19.8. The molecule has 3 rings (SSSR count). The molecule has 0 amide bonds. The fourth-order valence-corrected chi connectivity index (χ4v) is 5.12. The van der Waals surface area contributed by atoms with Crippen LogP contribution in [0.1, 0.15) is 48.2 Å². The van der Waals surface area contributed by atoms with Crippen LogP contribution < -0.4 is 0 Å². The zero-order chi connectivity index (χ0) is 24.0. The Morgan fingerprint density at radius 1 is 1.24 bits per heavy atom. The zero-order valence-electron chi connectivity index (χ0n) is 19.0. The Labute approximate surface area is 197 Å². The van der Waals surface area contributed by atoms with Gasteiger partial charge in [0, 0.05) is 11.1 Å². The fourth-order valence-electron chi connectivity index (χ4n) is 4.02. The predicted octanol–water partition coefficient (Wildman–Crippen LogP) is 2.64. The van der Waals surface area contributed by atoms with Gasteiger partial charge in [0.2, 0.25) is 5.12 Å². The second-order valence-corrected chi connectivity index (χ2v) is 9.56. The average molecular weight is 483 g/mol. The van der Waals surface area contributed by atoms with Crippen molar-refractivity contribution in [3.63, 3.8) is 0 Å². The molecule has 5 atom stereocenters. The van der Waals surface area contributed by atoms with Gasteiger partial charge in [0.1, 0.15) is 18.3 Å². The van der Waals surface area contributed by atoms with Gasteiger partial charge in [-0.05, 0) is 26.9 Å². The number of carbonyl (C=O) groups is 2. The van der Waals surface area contributed by atoms with Crippen LogP contribution >= 0.6 is 11.8 Å². The van der Waals surface area contributed by atoms with E-state index in [4.69, 9.17) is 14.2 Å². The van der Waals surface area contributed by atoms with Crippen LogP contribution in [-0.4, -0.2) is 78.5 Å². The van der Waals surface area contributed by atoms with Crippen LogP contribution in [0.2, 0.25) is 0 Å². The van der Waals surface area contributed by atoms with E-state index in [9.17, 15) is 19.7 Å². The SMILES string of the molecule is CCCCC(OC(=O)CN(C)C)c1ccccc1C(=O)SC1CO[C@H]2[C@@H]1OC[C@H]2O[N+](=O)[O-]. The van der Waals surface area contributed by atoms with Crippen molar-refractivity contribution in [1.29, 1.82) is 0 Å². The molecule has 2 aliphatic rings. The largest absolute Gasteiger partial charge is 0.457 e. The third-order valence-electron chi connectivity index (χ3n) is 5.51. The number of likely N-dealkylation sites (N-methyl/N-ethyl adjacent to an activating group) is 1. The molecule has 1 aromatic rings. The first-order valence-electron chi connectivity index (χ1n) is 11.0. The number of nitrogens with zero attached hydrogens (tertiary/aromatic N) is 2. The molecule has 0 N–H and O–H groups in total. The first kappa shape index (κ1) is 25.4. The Kier molecular flexibility index (Phi) is 9.07. The molecule has 0 bridgehead atoms. The van der Waals surface area contributed by atoms with E-state index in [0.29, 0.717) is 17.5 Å². The standard InChI is InChI=1S/C22H30N2O8S/c1-4-5-10-16(31-19(25)11-23(2)3)14-8-6-7-9-15(14)22(26)33-18-13-30-20-17(32-24(27)28)12-29-21(18)20/h6-9,16-18,20-21H,4-5,10-13H2,1-3H3/t16?,17-,18?,20-,21-/m1/s1. The molecule has 0 aromatic heterocycles. The number of carbonyl (C=O) groups excluding carboxylic acids is 2. The Morgan fingerprint density at radius 3 is 2.67 bits per heavy atom. The average Bonchev–Trinajstić information content (AvgIpc) is 3.33. The van der Waals surface area contributed by atoms with E-state index in [1.165, 1.54) is 0 Å². The number of hydrogen-bond donors (Lipinski definition) is 0. The molecule has 2 aliphatic heterocycles. The Bertz CT molecular complexity index is 851. The van der Waals surface area contributed by atoms with E-state index in [-0.39, 0.29) is 36.1 Å². The van der Waals surface area contributed by atoms with Crippen molar-refractivity contribution in [3.05, 3.63) is 45.5 Å². The van der Waals surface area contributed by atoms with Crippen LogP contribution in [0.15, 0.2) is 24.3 Å². The molecule has 1 aromatic carbocycles.